The molecule has 0 N–H and O–H groups in total. The number of allylic oxidation sites excluding steroid dienone is 10. The van der Waals surface area contributed by atoms with Gasteiger partial charge >= 0.3 is 17.9 Å². The van der Waals surface area contributed by atoms with Gasteiger partial charge in [0.1, 0.15) is 13.2 Å². The summed E-state index contributed by atoms with van der Waals surface area (Å²) in [6.45, 7) is 6.59. The number of carbonyl (C=O) groups excluding carboxylic acids is 3. The Bertz CT molecular complexity index is 1210. The smallest absolute Gasteiger partial charge is 0.306 e. The molecular formula is C61H108O6. The Labute approximate surface area is 415 Å². The molecule has 0 aromatic rings. The van der Waals surface area contributed by atoms with Gasteiger partial charge in [0.15, 0.2) is 6.10 Å². The molecule has 0 bridgehead atoms. The van der Waals surface area contributed by atoms with Crippen LogP contribution in [0, 0.1) is 0 Å². The van der Waals surface area contributed by atoms with Crippen LogP contribution in [0.5, 0.6) is 0 Å². The molecule has 67 heavy (non-hydrogen) atoms. The lowest BCUT2D eigenvalue weighted by molar-refractivity contribution is -0.167. The quantitative estimate of drug-likeness (QED) is 0.0262. The van der Waals surface area contributed by atoms with Crippen molar-refractivity contribution in [1.82, 2.24) is 0 Å². The highest BCUT2D eigenvalue weighted by Crippen LogP contribution is 2.16. The lowest BCUT2D eigenvalue weighted by Gasteiger charge is -2.18. The number of carbonyl (C=O) groups is 3. The van der Waals surface area contributed by atoms with E-state index in [1.54, 1.807) is 0 Å². The van der Waals surface area contributed by atoms with Gasteiger partial charge in [-0.2, -0.15) is 0 Å². The van der Waals surface area contributed by atoms with Gasteiger partial charge in [0.05, 0.1) is 0 Å². The van der Waals surface area contributed by atoms with E-state index < -0.39 is 6.10 Å². The fourth-order valence-electron chi connectivity index (χ4n) is 8.13. The standard InChI is InChI=1S/C61H108O6/c1-4-7-10-13-16-19-22-25-28-29-30-31-34-36-39-42-45-48-51-54-60(63)66-57-58(67-61(64)55-52-49-46-43-40-37-33-27-24-21-18-15-12-9-6-3)56-65-59(62)53-50-47-44-41-38-35-32-26-23-20-17-14-11-8-5-2/h16,18-19,21,25,27-28,30-31,33,58H,4-15,17,20,22-24,26,29,32,34-57H2,1-3H3/b19-16-,21-18-,28-25-,31-30-,33-27-. The van der Waals surface area contributed by atoms with E-state index >= 15 is 0 Å². The molecule has 6 nitrogen and oxygen atoms in total. The Morgan fingerprint density at radius 3 is 0.866 bits per heavy atom. The Kier molecular flexibility index (Phi) is 53.3. The van der Waals surface area contributed by atoms with Gasteiger partial charge in [-0.05, 0) is 89.9 Å². The molecule has 6 heteroatoms. The Hall–Kier alpha value is -2.89. The molecule has 0 aromatic heterocycles. The van der Waals surface area contributed by atoms with Crippen LogP contribution >= 0.6 is 0 Å². The summed E-state index contributed by atoms with van der Waals surface area (Å²) in [6, 6.07) is 0. The van der Waals surface area contributed by atoms with Gasteiger partial charge in [-0.25, -0.2) is 0 Å². The van der Waals surface area contributed by atoms with Crippen molar-refractivity contribution in [3.05, 3.63) is 60.8 Å². The second-order valence-electron chi connectivity index (χ2n) is 19.2. The zero-order chi connectivity index (χ0) is 48.6. The van der Waals surface area contributed by atoms with Crippen molar-refractivity contribution in [3.63, 3.8) is 0 Å². The van der Waals surface area contributed by atoms with Crippen LogP contribution in [0.1, 0.15) is 290 Å². The van der Waals surface area contributed by atoms with Crippen molar-refractivity contribution in [2.24, 2.45) is 0 Å². The van der Waals surface area contributed by atoms with E-state index in [-0.39, 0.29) is 31.1 Å². The van der Waals surface area contributed by atoms with Crippen molar-refractivity contribution in [2.75, 3.05) is 13.2 Å². The first-order chi connectivity index (χ1) is 33.0. The minimum absolute atomic E-state index is 0.0818. The van der Waals surface area contributed by atoms with E-state index in [2.05, 4.69) is 81.5 Å². The molecule has 0 spiro atoms. The van der Waals surface area contributed by atoms with Gasteiger partial charge in [0, 0.05) is 19.3 Å². The van der Waals surface area contributed by atoms with Gasteiger partial charge in [0.2, 0.25) is 0 Å². The SMILES string of the molecule is CCCCC/C=C\C/C=C\C/C=C\CCCCCCCCC(=O)OCC(COC(=O)CCCCCCCCCCCCCCCCC)OC(=O)CCCCCCC/C=C\C/C=C\CCCCC. The molecular weight excluding hydrogens is 829 g/mol. The van der Waals surface area contributed by atoms with Crippen LogP contribution in [0.3, 0.4) is 0 Å². The minimum atomic E-state index is -0.785. The maximum Gasteiger partial charge on any atom is 0.306 e. The number of hydrogen-bond donors (Lipinski definition) is 0. The number of ether oxygens (including phenoxy) is 3. The van der Waals surface area contributed by atoms with Gasteiger partial charge in [-0.1, -0.05) is 242 Å². The highest BCUT2D eigenvalue weighted by Gasteiger charge is 2.19. The molecule has 0 aliphatic rings. The van der Waals surface area contributed by atoms with Crippen molar-refractivity contribution in [2.45, 2.75) is 297 Å². The van der Waals surface area contributed by atoms with Gasteiger partial charge < -0.3 is 14.2 Å². The fourth-order valence-corrected chi connectivity index (χ4v) is 8.13. The number of hydrogen-bond acceptors (Lipinski definition) is 6. The third-order valence-corrected chi connectivity index (χ3v) is 12.5. The van der Waals surface area contributed by atoms with Crippen molar-refractivity contribution in [3.8, 4) is 0 Å². The zero-order valence-corrected chi connectivity index (χ0v) is 44.4. The molecule has 1 unspecified atom stereocenters. The van der Waals surface area contributed by atoms with E-state index in [4.69, 9.17) is 14.2 Å². The maximum atomic E-state index is 12.8. The first-order valence-corrected chi connectivity index (χ1v) is 28.8. The summed E-state index contributed by atoms with van der Waals surface area (Å²) < 4.78 is 16.9. The average Bonchev–Trinajstić information content (AvgIpc) is 3.33. The normalized spacial score (nSPS) is 12.5. The predicted molar refractivity (Wildman–Crippen MR) is 288 cm³/mol. The molecule has 0 rings (SSSR count). The predicted octanol–water partition coefficient (Wildman–Crippen LogP) is 19.2. The molecule has 1 atom stereocenters. The second kappa shape index (κ2) is 55.7. The molecule has 0 aromatic carbocycles. The van der Waals surface area contributed by atoms with Crippen LogP contribution in [0.4, 0.5) is 0 Å². The Morgan fingerprint density at radius 2 is 0.537 bits per heavy atom. The highest BCUT2D eigenvalue weighted by atomic mass is 16.6. The molecule has 0 radical (unpaired) electrons. The first kappa shape index (κ1) is 64.1. The minimum Gasteiger partial charge on any atom is -0.462 e. The molecule has 0 aliphatic heterocycles. The van der Waals surface area contributed by atoms with Crippen LogP contribution in [0.25, 0.3) is 0 Å². The fraction of sp³-hybridized carbons (Fsp3) is 0.787. The van der Waals surface area contributed by atoms with E-state index in [1.807, 2.05) is 0 Å². The Balaban J connectivity index is 4.40. The van der Waals surface area contributed by atoms with E-state index in [9.17, 15) is 14.4 Å². The monoisotopic (exact) mass is 937 g/mol. The summed E-state index contributed by atoms with van der Waals surface area (Å²) in [4.78, 5) is 38.1. The van der Waals surface area contributed by atoms with Gasteiger partial charge in [0.25, 0.3) is 0 Å². The van der Waals surface area contributed by atoms with Crippen LogP contribution in [0.15, 0.2) is 60.8 Å². The lowest BCUT2D eigenvalue weighted by atomic mass is 10.0. The number of esters is 3. The van der Waals surface area contributed by atoms with Gasteiger partial charge in [-0.15, -0.1) is 0 Å². The molecule has 0 fully saturated rings. The maximum absolute atomic E-state index is 12.8. The number of rotatable bonds is 52. The van der Waals surface area contributed by atoms with E-state index in [0.717, 1.165) is 103 Å². The third-order valence-electron chi connectivity index (χ3n) is 12.5. The highest BCUT2D eigenvalue weighted by molar-refractivity contribution is 5.71. The van der Waals surface area contributed by atoms with Crippen LogP contribution in [0.2, 0.25) is 0 Å². The molecule has 0 saturated carbocycles. The number of unbranched alkanes of at least 4 members (excludes halogenated alkanes) is 31. The van der Waals surface area contributed by atoms with Crippen molar-refractivity contribution >= 4 is 17.9 Å². The summed E-state index contributed by atoms with van der Waals surface area (Å²) in [5.74, 6) is -0.897. The zero-order valence-electron chi connectivity index (χ0n) is 44.4. The second-order valence-corrected chi connectivity index (χ2v) is 19.2. The topological polar surface area (TPSA) is 78.9 Å². The third kappa shape index (κ3) is 53.9. The summed E-state index contributed by atoms with van der Waals surface area (Å²) in [5.41, 5.74) is 0. The molecule has 0 aliphatic carbocycles. The molecule has 0 heterocycles. The van der Waals surface area contributed by atoms with Crippen LogP contribution < -0.4 is 0 Å². The molecule has 0 amide bonds. The molecule has 0 saturated heterocycles. The van der Waals surface area contributed by atoms with Crippen molar-refractivity contribution in [1.29, 1.82) is 0 Å². The summed E-state index contributed by atoms with van der Waals surface area (Å²) in [6.07, 6.45) is 69.1. The first-order valence-electron chi connectivity index (χ1n) is 28.8. The van der Waals surface area contributed by atoms with Gasteiger partial charge in [-0.3, -0.25) is 14.4 Å². The van der Waals surface area contributed by atoms with Crippen LogP contribution in [-0.2, 0) is 28.6 Å². The lowest BCUT2D eigenvalue weighted by Crippen LogP contribution is -2.30. The van der Waals surface area contributed by atoms with E-state index in [1.165, 1.54) is 148 Å². The Morgan fingerprint density at radius 1 is 0.299 bits per heavy atom. The van der Waals surface area contributed by atoms with Crippen LogP contribution in [-0.4, -0.2) is 37.2 Å². The summed E-state index contributed by atoms with van der Waals surface area (Å²) in [7, 11) is 0. The molecule has 388 valence electrons. The largest absolute Gasteiger partial charge is 0.462 e. The van der Waals surface area contributed by atoms with Crippen molar-refractivity contribution < 1.29 is 28.6 Å². The summed E-state index contributed by atoms with van der Waals surface area (Å²) >= 11 is 0. The van der Waals surface area contributed by atoms with E-state index in [0.29, 0.717) is 19.3 Å². The average molecular weight is 938 g/mol. The summed E-state index contributed by atoms with van der Waals surface area (Å²) in [5, 5.41) is 0.